The molecule has 1 aliphatic heterocycles. The first-order valence-corrected chi connectivity index (χ1v) is 18.7. The third-order valence-corrected chi connectivity index (χ3v) is 11.2. The van der Waals surface area contributed by atoms with Crippen LogP contribution in [0, 0.1) is 0 Å². The lowest BCUT2D eigenvalue weighted by atomic mass is 9.85. The van der Waals surface area contributed by atoms with Crippen LogP contribution in [0.1, 0.15) is 47.2 Å². The second-order valence-corrected chi connectivity index (χ2v) is 14.8. The Labute approximate surface area is 303 Å². The number of benzene rings is 5. The van der Waals surface area contributed by atoms with Crippen LogP contribution in [-0.2, 0) is 19.4 Å². The van der Waals surface area contributed by atoms with Crippen molar-refractivity contribution in [3.05, 3.63) is 150 Å². The Hall–Kier alpha value is -5.49. The van der Waals surface area contributed by atoms with Crippen LogP contribution in [-0.4, -0.2) is 56.9 Å². The number of ether oxygens (including phenoxy) is 3. The van der Waals surface area contributed by atoms with E-state index in [0.717, 1.165) is 22.3 Å². The van der Waals surface area contributed by atoms with Gasteiger partial charge in [0.1, 0.15) is 11.5 Å². The molecule has 2 aliphatic rings. The van der Waals surface area contributed by atoms with Crippen LogP contribution in [0.3, 0.4) is 0 Å². The van der Waals surface area contributed by atoms with Crippen LogP contribution >= 0.6 is 0 Å². The summed E-state index contributed by atoms with van der Waals surface area (Å²) in [6.45, 7) is 0.375. The van der Waals surface area contributed by atoms with Crippen molar-refractivity contribution in [1.29, 1.82) is 0 Å². The molecule has 0 aromatic heterocycles. The van der Waals surface area contributed by atoms with Gasteiger partial charge in [-0.3, -0.25) is 10.2 Å². The highest BCUT2D eigenvalue weighted by molar-refractivity contribution is 7.91. The Morgan fingerprint density at radius 3 is 2.19 bits per heavy atom. The van der Waals surface area contributed by atoms with Gasteiger partial charge in [-0.15, -0.1) is 0 Å². The maximum absolute atomic E-state index is 14.9. The van der Waals surface area contributed by atoms with E-state index in [-0.39, 0.29) is 35.6 Å². The predicted octanol–water partition coefficient (Wildman–Crippen LogP) is 5.97. The van der Waals surface area contributed by atoms with Gasteiger partial charge in [-0.05, 0) is 76.3 Å². The highest BCUT2D eigenvalue weighted by Crippen LogP contribution is 2.45. The standard InChI is InChI=1S/C41H39N3O7S/c1-49-31-12-9-11-29(27-31)38-41(23-26-52(47,48)32-13-3-2-4-14-32,42-39(51-38)28-19-21-30(22-20-28)50-25-10-24-45)40(46)44-43-37-35-17-7-5-15-33(35)34-16-6-8-18-36(34)37/h2-9,11-22,27,37-38,43,45H,10,23-26H2,1H3,(H,44,46)/t38-,41-/m0/s1. The van der Waals surface area contributed by atoms with E-state index in [9.17, 15) is 13.2 Å². The third-order valence-electron chi connectivity index (χ3n) is 9.44. The number of methoxy groups -OCH3 is 1. The number of nitrogens with one attached hydrogen (secondary N) is 2. The van der Waals surface area contributed by atoms with Crippen molar-refractivity contribution in [3.63, 3.8) is 0 Å². The van der Waals surface area contributed by atoms with E-state index in [0.29, 0.717) is 35.7 Å². The minimum absolute atomic E-state index is 0.0210. The SMILES string of the molecule is COc1cccc([C@@H]2OC(c3ccc(OCCCO)cc3)=N[C@]2(CCS(=O)(=O)c2ccccc2)C(=O)NNC2c3ccccc3-c3ccccc32)c1. The number of carbonyl (C=O) groups excluding carboxylic acids is 1. The van der Waals surface area contributed by atoms with Gasteiger partial charge in [-0.25, -0.2) is 18.8 Å². The van der Waals surface area contributed by atoms with Crippen LogP contribution in [0.25, 0.3) is 11.1 Å². The maximum Gasteiger partial charge on any atom is 0.266 e. The average Bonchev–Trinajstić information content (AvgIpc) is 3.74. The van der Waals surface area contributed by atoms with Crippen molar-refractivity contribution in [2.45, 2.75) is 35.4 Å². The fourth-order valence-corrected chi connectivity index (χ4v) is 8.16. The van der Waals surface area contributed by atoms with Crippen molar-refractivity contribution >= 4 is 21.6 Å². The molecule has 0 saturated carbocycles. The summed E-state index contributed by atoms with van der Waals surface area (Å²) in [5, 5.41) is 9.13. The Bertz CT molecular complexity index is 2150. The topological polar surface area (TPSA) is 136 Å². The number of aliphatic hydroxyl groups is 1. The molecule has 0 bridgehead atoms. The first kappa shape index (κ1) is 34.9. The Kier molecular flexibility index (Phi) is 10.1. The lowest BCUT2D eigenvalue weighted by molar-refractivity contribution is -0.130. The Morgan fingerprint density at radius 2 is 1.52 bits per heavy atom. The molecule has 11 heteroatoms. The molecule has 1 heterocycles. The van der Waals surface area contributed by atoms with Gasteiger partial charge in [0.15, 0.2) is 21.5 Å². The summed E-state index contributed by atoms with van der Waals surface area (Å²) in [5.74, 6) is 0.391. The highest BCUT2D eigenvalue weighted by atomic mass is 32.2. The molecule has 0 unspecified atom stereocenters. The zero-order valence-corrected chi connectivity index (χ0v) is 29.4. The summed E-state index contributed by atoms with van der Waals surface area (Å²) in [7, 11) is -2.28. The Morgan fingerprint density at radius 1 is 0.846 bits per heavy atom. The molecule has 266 valence electrons. The fourth-order valence-electron chi connectivity index (χ4n) is 6.77. The van der Waals surface area contributed by atoms with Crippen molar-refractivity contribution < 1.29 is 32.5 Å². The largest absolute Gasteiger partial charge is 0.497 e. The summed E-state index contributed by atoms with van der Waals surface area (Å²) in [5.41, 5.74) is 9.80. The van der Waals surface area contributed by atoms with Crippen molar-refractivity contribution in [3.8, 4) is 22.6 Å². The number of sulfone groups is 1. The number of nitrogens with zero attached hydrogens (tertiary/aromatic N) is 1. The molecule has 7 rings (SSSR count). The predicted molar refractivity (Wildman–Crippen MR) is 198 cm³/mol. The molecule has 0 spiro atoms. The van der Waals surface area contributed by atoms with E-state index < -0.39 is 27.4 Å². The number of aliphatic hydroxyl groups excluding tert-OH is 1. The van der Waals surface area contributed by atoms with Gasteiger partial charge >= 0.3 is 0 Å². The lowest BCUT2D eigenvalue weighted by Crippen LogP contribution is -2.54. The van der Waals surface area contributed by atoms with Crippen LogP contribution in [0.5, 0.6) is 11.5 Å². The molecule has 52 heavy (non-hydrogen) atoms. The minimum atomic E-state index is -3.83. The first-order chi connectivity index (χ1) is 25.3. The number of rotatable bonds is 14. The summed E-state index contributed by atoms with van der Waals surface area (Å²) < 4.78 is 45.3. The van der Waals surface area contributed by atoms with Gasteiger partial charge in [-0.1, -0.05) is 78.9 Å². The van der Waals surface area contributed by atoms with Crippen molar-refractivity contribution in [2.24, 2.45) is 4.99 Å². The summed E-state index contributed by atoms with van der Waals surface area (Å²) in [6.07, 6.45) is -0.715. The van der Waals surface area contributed by atoms with Gasteiger partial charge in [-0.2, -0.15) is 0 Å². The van der Waals surface area contributed by atoms with E-state index >= 15 is 0 Å². The molecule has 1 aliphatic carbocycles. The van der Waals surface area contributed by atoms with Gasteiger partial charge in [0.05, 0.1) is 30.4 Å². The van der Waals surface area contributed by atoms with Gasteiger partial charge < -0.3 is 19.3 Å². The van der Waals surface area contributed by atoms with Crippen LogP contribution in [0.15, 0.2) is 137 Å². The van der Waals surface area contributed by atoms with E-state index in [1.54, 1.807) is 79.9 Å². The molecule has 0 fully saturated rings. The van der Waals surface area contributed by atoms with E-state index in [1.165, 1.54) is 0 Å². The maximum atomic E-state index is 14.9. The number of hydrogen-bond acceptors (Lipinski definition) is 9. The second-order valence-electron chi connectivity index (χ2n) is 12.7. The minimum Gasteiger partial charge on any atom is -0.497 e. The monoisotopic (exact) mass is 717 g/mol. The normalized spacial score (nSPS) is 17.8. The molecular weight excluding hydrogens is 679 g/mol. The molecular formula is C41H39N3O7S. The van der Waals surface area contributed by atoms with Gasteiger partial charge in [0, 0.05) is 25.0 Å². The number of amides is 1. The van der Waals surface area contributed by atoms with E-state index in [2.05, 4.69) is 23.0 Å². The average molecular weight is 718 g/mol. The molecule has 1 amide bonds. The van der Waals surface area contributed by atoms with Gasteiger partial charge in [0.25, 0.3) is 5.91 Å². The van der Waals surface area contributed by atoms with E-state index in [1.807, 2.05) is 42.5 Å². The van der Waals surface area contributed by atoms with E-state index in [4.69, 9.17) is 24.3 Å². The zero-order valence-electron chi connectivity index (χ0n) is 28.6. The molecule has 0 radical (unpaired) electrons. The molecule has 3 N–H and O–H groups in total. The molecule has 5 aromatic rings. The molecule has 0 saturated heterocycles. The summed E-state index contributed by atoms with van der Waals surface area (Å²) in [4.78, 5) is 20.0. The first-order valence-electron chi connectivity index (χ1n) is 17.1. The smallest absolute Gasteiger partial charge is 0.266 e. The summed E-state index contributed by atoms with van der Waals surface area (Å²) >= 11 is 0. The molecule has 2 atom stereocenters. The quantitative estimate of drug-likeness (QED) is 0.0946. The fraction of sp³-hybridized carbons (Fsp3) is 0.220. The number of aliphatic imine (C=N–C) groups is 1. The molecule has 10 nitrogen and oxygen atoms in total. The number of carbonyl (C=O) groups is 1. The van der Waals surface area contributed by atoms with Crippen LogP contribution in [0.4, 0.5) is 0 Å². The number of hydrogen-bond donors (Lipinski definition) is 3. The van der Waals surface area contributed by atoms with Crippen LogP contribution in [0.2, 0.25) is 0 Å². The Balaban J connectivity index is 1.28. The second kappa shape index (κ2) is 15.0. The highest BCUT2D eigenvalue weighted by Gasteiger charge is 2.54. The van der Waals surface area contributed by atoms with Crippen molar-refractivity contribution in [1.82, 2.24) is 10.9 Å². The summed E-state index contributed by atoms with van der Waals surface area (Å²) in [6, 6.07) is 38.1. The number of hydrazine groups is 1. The van der Waals surface area contributed by atoms with Crippen molar-refractivity contribution in [2.75, 3.05) is 26.1 Å². The third kappa shape index (κ3) is 6.90. The van der Waals surface area contributed by atoms with Gasteiger partial charge in [0.2, 0.25) is 5.90 Å². The zero-order chi connectivity index (χ0) is 36.1. The van der Waals surface area contributed by atoms with Crippen LogP contribution < -0.4 is 20.3 Å². The number of fused-ring (bicyclic) bond motifs is 3. The lowest BCUT2D eigenvalue weighted by Gasteiger charge is -2.31. The molecule has 5 aromatic carbocycles.